The number of hydrogen-bond donors (Lipinski definition) is 4. The Kier molecular flexibility index (Phi) is 3.82. The van der Waals surface area contributed by atoms with Gasteiger partial charge in [-0.3, -0.25) is 10.2 Å². The van der Waals surface area contributed by atoms with Crippen LogP contribution < -0.4 is 11.3 Å². The van der Waals surface area contributed by atoms with Crippen LogP contribution >= 0.6 is 0 Å². The van der Waals surface area contributed by atoms with Crippen molar-refractivity contribution in [2.45, 2.75) is 12.8 Å². The minimum Gasteiger partial charge on any atom is -0.508 e. The number of phenolic OH excluding ortho intramolecular Hbond substituents is 2. The summed E-state index contributed by atoms with van der Waals surface area (Å²) < 4.78 is 0. The number of hydrazine groups is 1. The number of carbonyl (C=O) groups excluding carboxylic acids is 1. The summed E-state index contributed by atoms with van der Waals surface area (Å²) >= 11 is 0. The number of phenols is 2. The van der Waals surface area contributed by atoms with Crippen molar-refractivity contribution in [3.8, 4) is 17.2 Å². The molecular weight excluding hydrogens is 298 g/mol. The minimum absolute atomic E-state index is 0.0373. The fraction of sp³-hybridized carbons (Fsp3) is 0.133. The Balaban J connectivity index is 2.01. The number of amides is 1. The molecule has 1 aromatic heterocycles. The van der Waals surface area contributed by atoms with Crippen LogP contribution in [0.5, 0.6) is 11.5 Å². The topological polar surface area (TPSA) is 126 Å². The van der Waals surface area contributed by atoms with Gasteiger partial charge in [0.1, 0.15) is 28.2 Å². The molecule has 0 aliphatic rings. The van der Waals surface area contributed by atoms with E-state index in [1.54, 1.807) is 0 Å². The van der Waals surface area contributed by atoms with Crippen molar-refractivity contribution in [3.63, 3.8) is 0 Å². The van der Waals surface area contributed by atoms with Crippen molar-refractivity contribution in [2.24, 2.45) is 5.84 Å². The number of rotatable bonds is 4. The van der Waals surface area contributed by atoms with E-state index < -0.39 is 5.91 Å². The molecule has 3 rings (SSSR count). The summed E-state index contributed by atoms with van der Waals surface area (Å²) in [5, 5.41) is 28.9. The first-order valence-electron chi connectivity index (χ1n) is 6.96. The van der Waals surface area contributed by atoms with Crippen molar-refractivity contribution in [3.05, 3.63) is 42.0 Å². The Morgan fingerprint density at radius 2 is 1.78 bits per heavy atom. The Morgan fingerprint density at radius 3 is 2.39 bits per heavy atom. The maximum atomic E-state index is 11.3. The standard InChI is InChI=1S/C15H15N5O3/c16-17-14(22)8-5-9-13(21)7-6-12(15(9)23)20-18-10-3-1-2-4-11(10)19-20/h1-4,6-7,21,23H,5,8,16H2,(H,17,22). The van der Waals surface area contributed by atoms with E-state index >= 15 is 0 Å². The average Bonchev–Trinajstić information content (AvgIpc) is 2.98. The van der Waals surface area contributed by atoms with E-state index in [2.05, 4.69) is 10.2 Å². The second-order valence-corrected chi connectivity index (χ2v) is 4.98. The van der Waals surface area contributed by atoms with Gasteiger partial charge in [-0.1, -0.05) is 12.1 Å². The SMILES string of the molecule is NNC(=O)CCc1c(O)ccc(-n2nc3ccccc3n2)c1O. The summed E-state index contributed by atoms with van der Waals surface area (Å²) in [5.74, 6) is 4.36. The van der Waals surface area contributed by atoms with Crippen molar-refractivity contribution < 1.29 is 15.0 Å². The molecule has 1 amide bonds. The smallest absolute Gasteiger partial charge is 0.234 e. The number of nitrogens with zero attached hydrogens (tertiary/aromatic N) is 3. The van der Waals surface area contributed by atoms with Crippen LogP contribution in [-0.4, -0.2) is 31.1 Å². The maximum Gasteiger partial charge on any atom is 0.234 e. The van der Waals surface area contributed by atoms with Crippen LogP contribution in [0.1, 0.15) is 12.0 Å². The zero-order valence-corrected chi connectivity index (χ0v) is 12.1. The highest BCUT2D eigenvalue weighted by atomic mass is 16.3. The predicted molar refractivity (Wildman–Crippen MR) is 82.8 cm³/mol. The summed E-state index contributed by atoms with van der Waals surface area (Å²) in [6.07, 6.45) is 0.172. The first-order valence-corrected chi connectivity index (χ1v) is 6.96. The number of aromatic hydroxyl groups is 2. The highest BCUT2D eigenvalue weighted by Gasteiger charge is 2.16. The van der Waals surface area contributed by atoms with Crippen molar-refractivity contribution in [1.29, 1.82) is 0 Å². The summed E-state index contributed by atoms with van der Waals surface area (Å²) in [6, 6.07) is 10.2. The molecule has 0 radical (unpaired) electrons. The molecule has 0 fully saturated rings. The normalized spacial score (nSPS) is 10.8. The van der Waals surface area contributed by atoms with E-state index in [4.69, 9.17) is 5.84 Å². The maximum absolute atomic E-state index is 11.3. The second-order valence-electron chi connectivity index (χ2n) is 4.98. The van der Waals surface area contributed by atoms with Crippen molar-refractivity contribution in [1.82, 2.24) is 20.4 Å². The molecule has 0 aliphatic heterocycles. The molecule has 8 heteroatoms. The summed E-state index contributed by atoms with van der Waals surface area (Å²) in [6.45, 7) is 0. The van der Waals surface area contributed by atoms with Crippen LogP contribution in [0.15, 0.2) is 36.4 Å². The van der Waals surface area contributed by atoms with E-state index in [1.165, 1.54) is 16.9 Å². The third-order valence-electron chi connectivity index (χ3n) is 3.50. The molecular formula is C15H15N5O3. The highest BCUT2D eigenvalue weighted by molar-refractivity contribution is 5.76. The number of aromatic nitrogens is 3. The van der Waals surface area contributed by atoms with Crippen molar-refractivity contribution >= 4 is 16.9 Å². The molecule has 8 nitrogen and oxygen atoms in total. The number of nitrogens with one attached hydrogen (secondary N) is 1. The minimum atomic E-state index is -0.392. The van der Waals surface area contributed by atoms with E-state index in [9.17, 15) is 15.0 Å². The third kappa shape index (κ3) is 2.79. The highest BCUT2D eigenvalue weighted by Crippen LogP contribution is 2.33. The van der Waals surface area contributed by atoms with E-state index in [0.717, 1.165) is 0 Å². The molecule has 1 heterocycles. The fourth-order valence-electron chi connectivity index (χ4n) is 2.30. The van der Waals surface area contributed by atoms with Crippen LogP contribution in [-0.2, 0) is 11.2 Å². The summed E-state index contributed by atoms with van der Waals surface area (Å²) in [4.78, 5) is 12.5. The Morgan fingerprint density at radius 1 is 1.13 bits per heavy atom. The summed E-state index contributed by atoms with van der Waals surface area (Å²) in [7, 11) is 0. The van der Waals surface area contributed by atoms with Gasteiger partial charge in [0.15, 0.2) is 0 Å². The first-order chi connectivity index (χ1) is 11.1. The van der Waals surface area contributed by atoms with Crippen molar-refractivity contribution in [2.75, 3.05) is 0 Å². The Hall–Kier alpha value is -3.13. The lowest BCUT2D eigenvalue weighted by Crippen LogP contribution is -2.30. The average molecular weight is 313 g/mol. The number of hydrogen-bond acceptors (Lipinski definition) is 6. The molecule has 118 valence electrons. The molecule has 0 bridgehead atoms. The van der Waals surface area contributed by atoms with Gasteiger partial charge in [0.2, 0.25) is 5.91 Å². The van der Waals surface area contributed by atoms with Gasteiger partial charge in [0, 0.05) is 12.0 Å². The van der Waals surface area contributed by atoms with Crippen LogP contribution in [0.3, 0.4) is 0 Å². The van der Waals surface area contributed by atoms with Gasteiger partial charge >= 0.3 is 0 Å². The monoisotopic (exact) mass is 313 g/mol. The molecule has 0 aliphatic carbocycles. The van der Waals surface area contributed by atoms with Gasteiger partial charge in [-0.25, -0.2) is 5.84 Å². The lowest BCUT2D eigenvalue weighted by molar-refractivity contribution is -0.121. The summed E-state index contributed by atoms with van der Waals surface area (Å²) in [5.41, 5.74) is 3.94. The van der Waals surface area contributed by atoms with Gasteiger partial charge < -0.3 is 10.2 Å². The Labute approximate surface area is 131 Å². The van der Waals surface area contributed by atoms with Gasteiger partial charge in [0.05, 0.1) is 0 Å². The number of nitrogens with two attached hydrogens (primary N) is 1. The van der Waals surface area contributed by atoms with Crippen LogP contribution in [0.4, 0.5) is 0 Å². The van der Waals surface area contributed by atoms with Crippen LogP contribution in [0.2, 0.25) is 0 Å². The molecule has 0 saturated heterocycles. The molecule has 0 spiro atoms. The lowest BCUT2D eigenvalue weighted by Gasteiger charge is -2.10. The molecule has 23 heavy (non-hydrogen) atoms. The molecule has 0 unspecified atom stereocenters. The quantitative estimate of drug-likeness (QED) is 0.320. The van der Waals surface area contributed by atoms with Gasteiger partial charge in [-0.05, 0) is 30.7 Å². The zero-order chi connectivity index (χ0) is 16.4. The lowest BCUT2D eigenvalue weighted by atomic mass is 10.1. The fourth-order valence-corrected chi connectivity index (χ4v) is 2.30. The molecule has 2 aromatic carbocycles. The van der Waals surface area contributed by atoms with Gasteiger partial charge in [-0.2, -0.15) is 0 Å². The molecule has 5 N–H and O–H groups in total. The zero-order valence-electron chi connectivity index (χ0n) is 12.1. The largest absolute Gasteiger partial charge is 0.508 e. The van der Waals surface area contributed by atoms with E-state index in [-0.39, 0.29) is 29.9 Å². The first kappa shape index (κ1) is 14.8. The predicted octanol–water partition coefficient (Wildman–Crippen LogP) is 0.754. The molecule has 0 atom stereocenters. The van der Waals surface area contributed by atoms with E-state index in [0.29, 0.717) is 16.7 Å². The second kappa shape index (κ2) is 5.93. The number of benzene rings is 2. The molecule has 3 aromatic rings. The molecule has 0 saturated carbocycles. The van der Waals surface area contributed by atoms with E-state index in [1.807, 2.05) is 29.7 Å². The third-order valence-corrected chi connectivity index (χ3v) is 3.50. The van der Waals surface area contributed by atoms with Gasteiger partial charge in [-0.15, -0.1) is 15.0 Å². The number of carbonyl (C=O) groups is 1. The number of fused-ring (bicyclic) bond motifs is 1. The van der Waals surface area contributed by atoms with Gasteiger partial charge in [0.25, 0.3) is 0 Å². The van der Waals surface area contributed by atoms with Crippen LogP contribution in [0, 0.1) is 0 Å². The van der Waals surface area contributed by atoms with Crippen LogP contribution in [0.25, 0.3) is 16.7 Å². The Bertz CT molecular complexity index is 842.